The van der Waals surface area contributed by atoms with E-state index in [-0.39, 0.29) is 0 Å². The van der Waals surface area contributed by atoms with Gasteiger partial charge in [0.2, 0.25) is 0 Å². The van der Waals surface area contributed by atoms with E-state index < -0.39 is 0 Å². The molecule has 1 aliphatic rings. The molecule has 3 nitrogen and oxygen atoms in total. The highest BCUT2D eigenvalue weighted by Gasteiger charge is 2.34. The maximum absolute atomic E-state index is 3.84. The van der Waals surface area contributed by atoms with Crippen LogP contribution in [0.4, 0.5) is 0 Å². The monoisotopic (exact) mass is 255 g/mol. The zero-order valence-corrected chi connectivity index (χ0v) is 13.2. The molecular weight excluding hydrogens is 222 g/mol. The summed E-state index contributed by atoms with van der Waals surface area (Å²) in [4.78, 5) is 1.51. The molecule has 1 fully saturated rings. The lowest BCUT2D eigenvalue weighted by molar-refractivity contribution is -0.880. The molecule has 2 N–H and O–H groups in total. The molecule has 0 radical (unpaired) electrons. The van der Waals surface area contributed by atoms with E-state index in [2.05, 4.69) is 51.9 Å². The Morgan fingerprint density at radius 1 is 1.11 bits per heavy atom. The average molecular weight is 255 g/mol. The van der Waals surface area contributed by atoms with Crippen LogP contribution in [-0.2, 0) is 0 Å². The van der Waals surface area contributed by atoms with Gasteiger partial charge in [0.15, 0.2) is 6.04 Å². The fraction of sp³-hybridized carbons (Fsp3) is 0.933. The molecule has 3 heteroatoms. The first kappa shape index (κ1) is 15.5. The molecule has 18 heavy (non-hydrogen) atoms. The quantitative estimate of drug-likeness (QED) is 0.431. The van der Waals surface area contributed by atoms with Crippen LogP contribution < -0.4 is 10.2 Å². The predicted octanol–water partition coefficient (Wildman–Crippen LogP) is 0.748. The van der Waals surface area contributed by atoms with Crippen LogP contribution in [0.25, 0.3) is 0 Å². The minimum Gasteiger partial charge on any atom is -0.327 e. The summed E-state index contributed by atoms with van der Waals surface area (Å²) in [6.07, 6.45) is 6.87. The second-order valence-electron chi connectivity index (χ2n) is 6.56. The third kappa shape index (κ3) is 4.27. The standard InChI is InChI=1S/C15H31N3/c1-12(2)14(17(3)4)15(18(5)6)16-13-10-8-7-9-11-13/h12-14H,7-11H2,1-6H3/p+2. The zero-order valence-electron chi connectivity index (χ0n) is 13.2. The van der Waals surface area contributed by atoms with Crippen molar-refractivity contribution < 1.29 is 9.48 Å². The largest absolute Gasteiger partial charge is 0.327 e. The third-order valence-corrected chi connectivity index (χ3v) is 4.02. The molecule has 0 aromatic carbocycles. The minimum absolute atomic E-state index is 0.557. The van der Waals surface area contributed by atoms with Crippen LogP contribution in [0, 0.1) is 5.92 Å². The van der Waals surface area contributed by atoms with E-state index in [1.807, 2.05) is 0 Å². The van der Waals surface area contributed by atoms with Gasteiger partial charge in [0.05, 0.1) is 34.2 Å². The van der Waals surface area contributed by atoms with Crippen molar-refractivity contribution in [1.82, 2.24) is 5.32 Å². The fourth-order valence-electron chi connectivity index (χ4n) is 3.21. The van der Waals surface area contributed by atoms with Gasteiger partial charge < -0.3 is 4.90 Å². The summed E-state index contributed by atoms with van der Waals surface area (Å²) < 4.78 is 2.28. The van der Waals surface area contributed by atoms with Crippen molar-refractivity contribution in [2.24, 2.45) is 5.92 Å². The van der Waals surface area contributed by atoms with Gasteiger partial charge in [-0.05, 0) is 25.7 Å². The van der Waals surface area contributed by atoms with Crippen molar-refractivity contribution in [2.45, 2.75) is 58.0 Å². The first-order valence-electron chi connectivity index (χ1n) is 7.54. The van der Waals surface area contributed by atoms with E-state index in [9.17, 15) is 0 Å². The van der Waals surface area contributed by atoms with Crippen molar-refractivity contribution >= 4 is 5.84 Å². The van der Waals surface area contributed by atoms with Crippen molar-refractivity contribution in [3.63, 3.8) is 0 Å². The summed E-state index contributed by atoms with van der Waals surface area (Å²) in [5.41, 5.74) is 0. The number of hydrogen-bond acceptors (Lipinski definition) is 0. The van der Waals surface area contributed by atoms with Gasteiger partial charge in [-0.2, -0.15) is 0 Å². The Hall–Kier alpha value is -0.570. The molecule has 1 rings (SSSR count). The van der Waals surface area contributed by atoms with Crippen molar-refractivity contribution in [3.8, 4) is 0 Å². The third-order valence-electron chi connectivity index (χ3n) is 4.02. The van der Waals surface area contributed by atoms with Crippen LogP contribution in [0.2, 0.25) is 0 Å². The normalized spacial score (nSPS) is 19.1. The summed E-state index contributed by atoms with van der Waals surface area (Å²) in [5, 5.41) is 3.84. The second kappa shape index (κ2) is 7.13. The number of nitrogens with zero attached hydrogens (tertiary/aromatic N) is 1. The number of quaternary nitrogens is 1. The van der Waals surface area contributed by atoms with E-state index in [1.165, 1.54) is 42.8 Å². The van der Waals surface area contributed by atoms with Gasteiger partial charge in [0, 0.05) is 5.92 Å². The Kier molecular flexibility index (Phi) is 6.13. The summed E-state index contributed by atoms with van der Waals surface area (Å²) in [6.45, 7) is 4.65. The van der Waals surface area contributed by atoms with Gasteiger partial charge in [-0.25, -0.2) is 0 Å². The number of rotatable bonds is 4. The summed E-state index contributed by atoms with van der Waals surface area (Å²) in [6, 6.07) is 1.25. The van der Waals surface area contributed by atoms with Crippen LogP contribution in [0.15, 0.2) is 0 Å². The smallest absolute Gasteiger partial charge is 0.304 e. The summed E-state index contributed by atoms with van der Waals surface area (Å²) in [7, 11) is 8.86. The lowest BCUT2D eigenvalue weighted by atomic mass is 9.94. The molecule has 1 unspecified atom stereocenters. The molecule has 1 saturated carbocycles. The van der Waals surface area contributed by atoms with Crippen LogP contribution in [0.5, 0.6) is 0 Å². The molecular formula is C15H33N3+2. The molecule has 0 aliphatic heterocycles. The van der Waals surface area contributed by atoms with E-state index >= 15 is 0 Å². The zero-order chi connectivity index (χ0) is 13.7. The molecule has 0 bridgehead atoms. The first-order valence-corrected chi connectivity index (χ1v) is 7.54. The van der Waals surface area contributed by atoms with Gasteiger partial charge in [0.25, 0.3) is 0 Å². The van der Waals surface area contributed by atoms with Gasteiger partial charge in [-0.1, -0.05) is 20.3 Å². The molecule has 0 spiro atoms. The SMILES string of the molecule is CC(C)C(C(NC1CCCCC1)=[N+](C)C)[NH+](C)C. The van der Waals surface area contributed by atoms with Crippen molar-refractivity contribution in [3.05, 3.63) is 0 Å². The molecule has 1 atom stereocenters. The molecule has 106 valence electrons. The topological polar surface area (TPSA) is 19.5 Å². The van der Waals surface area contributed by atoms with Gasteiger partial charge in [0.1, 0.15) is 0 Å². The fourth-order valence-corrected chi connectivity index (χ4v) is 3.21. The van der Waals surface area contributed by atoms with E-state index in [0.29, 0.717) is 18.0 Å². The van der Waals surface area contributed by atoms with Crippen molar-refractivity contribution in [2.75, 3.05) is 28.2 Å². The van der Waals surface area contributed by atoms with Crippen LogP contribution in [0.3, 0.4) is 0 Å². The summed E-state index contributed by atoms with van der Waals surface area (Å²) >= 11 is 0. The van der Waals surface area contributed by atoms with Gasteiger partial charge >= 0.3 is 5.84 Å². The number of nitrogens with one attached hydrogen (secondary N) is 2. The lowest BCUT2D eigenvalue weighted by Crippen LogP contribution is -3.12. The highest BCUT2D eigenvalue weighted by Crippen LogP contribution is 2.17. The highest BCUT2D eigenvalue weighted by molar-refractivity contribution is 5.82. The molecule has 0 saturated heterocycles. The maximum Gasteiger partial charge on any atom is 0.304 e. The van der Waals surface area contributed by atoms with E-state index in [4.69, 9.17) is 0 Å². The van der Waals surface area contributed by atoms with Crippen molar-refractivity contribution in [1.29, 1.82) is 0 Å². The Labute approximate surface area is 113 Å². The van der Waals surface area contributed by atoms with Crippen LogP contribution in [-0.4, -0.2) is 50.7 Å². The van der Waals surface area contributed by atoms with Gasteiger partial charge in [-0.3, -0.25) is 9.89 Å². The van der Waals surface area contributed by atoms with Crippen LogP contribution >= 0.6 is 0 Å². The first-order chi connectivity index (χ1) is 8.43. The molecule has 0 aromatic rings. The molecule has 0 aromatic heterocycles. The Balaban J connectivity index is 2.78. The molecule has 0 heterocycles. The van der Waals surface area contributed by atoms with Gasteiger partial charge in [-0.15, -0.1) is 0 Å². The molecule has 0 amide bonds. The number of amidine groups is 1. The maximum atomic E-state index is 3.84. The highest BCUT2D eigenvalue weighted by atomic mass is 15.2. The Morgan fingerprint density at radius 3 is 2.06 bits per heavy atom. The number of hydrogen-bond donors (Lipinski definition) is 2. The minimum atomic E-state index is 0.557. The Morgan fingerprint density at radius 2 is 1.67 bits per heavy atom. The van der Waals surface area contributed by atoms with E-state index in [0.717, 1.165) is 0 Å². The van der Waals surface area contributed by atoms with Crippen LogP contribution in [0.1, 0.15) is 46.0 Å². The molecule has 1 aliphatic carbocycles. The number of likely N-dealkylation sites (N-methyl/N-ethyl adjacent to an activating group) is 1. The Bertz CT molecular complexity index is 263. The summed E-state index contributed by atoms with van der Waals surface area (Å²) in [5.74, 6) is 2.07. The predicted molar refractivity (Wildman–Crippen MR) is 78.6 cm³/mol. The van der Waals surface area contributed by atoms with E-state index in [1.54, 1.807) is 0 Å². The lowest BCUT2D eigenvalue weighted by Gasteiger charge is -2.27. The average Bonchev–Trinajstić information content (AvgIpc) is 2.28. The second-order valence-corrected chi connectivity index (χ2v) is 6.56.